The van der Waals surface area contributed by atoms with E-state index in [1.165, 1.54) is 11.2 Å². The van der Waals surface area contributed by atoms with Crippen LogP contribution in [0.25, 0.3) is 0 Å². The molecule has 0 aromatic rings. The Morgan fingerprint density at radius 1 is 1.62 bits per heavy atom. The van der Waals surface area contributed by atoms with Crippen LogP contribution in [0.1, 0.15) is 19.8 Å². The van der Waals surface area contributed by atoms with Crippen LogP contribution in [0.5, 0.6) is 0 Å². The van der Waals surface area contributed by atoms with Crippen molar-refractivity contribution in [2.45, 2.75) is 31.1 Å². The van der Waals surface area contributed by atoms with Crippen molar-refractivity contribution in [1.82, 2.24) is 4.31 Å². The van der Waals surface area contributed by atoms with Crippen LogP contribution in [0.15, 0.2) is 0 Å². The topological polar surface area (TPSA) is 63.4 Å². The molecule has 0 aromatic heterocycles. The zero-order chi connectivity index (χ0) is 10.2. The summed E-state index contributed by atoms with van der Waals surface area (Å²) in [6.45, 7) is 1.52. The van der Waals surface area contributed by atoms with Gasteiger partial charge < -0.3 is 5.73 Å². The lowest BCUT2D eigenvalue weighted by Crippen LogP contribution is -2.42. The van der Waals surface area contributed by atoms with E-state index in [2.05, 4.69) is 12.2 Å². The van der Waals surface area contributed by atoms with E-state index in [1.54, 1.807) is 7.05 Å². The number of nitrogens with two attached hydrogens (primary N) is 1. The molecule has 2 N–H and O–H groups in total. The van der Waals surface area contributed by atoms with Gasteiger partial charge in [0.15, 0.2) is 0 Å². The van der Waals surface area contributed by atoms with E-state index < -0.39 is 15.3 Å². The predicted molar refractivity (Wildman–Crippen MR) is 56.0 cm³/mol. The number of hydrogen-bond acceptors (Lipinski definition) is 3. The van der Waals surface area contributed by atoms with Crippen LogP contribution in [-0.4, -0.2) is 36.1 Å². The summed E-state index contributed by atoms with van der Waals surface area (Å²) in [4.78, 5) is 0.0347. The molecule has 1 fully saturated rings. The van der Waals surface area contributed by atoms with Gasteiger partial charge in [-0.15, -0.1) is 0 Å². The SMILES string of the molecule is CC(C(N)=S)S(=O)(=O)N(C)C1CC1. The zero-order valence-electron chi connectivity index (χ0n) is 7.73. The molecule has 0 radical (unpaired) electrons. The van der Waals surface area contributed by atoms with Crippen molar-refractivity contribution in [2.24, 2.45) is 5.73 Å². The van der Waals surface area contributed by atoms with Crippen LogP contribution in [0.2, 0.25) is 0 Å². The van der Waals surface area contributed by atoms with Crippen LogP contribution >= 0.6 is 12.2 Å². The van der Waals surface area contributed by atoms with E-state index in [0.717, 1.165) is 12.8 Å². The van der Waals surface area contributed by atoms with Crippen LogP contribution in [0.3, 0.4) is 0 Å². The number of nitrogens with zero attached hydrogens (tertiary/aromatic N) is 1. The van der Waals surface area contributed by atoms with Crippen LogP contribution in [0.4, 0.5) is 0 Å². The number of sulfonamides is 1. The number of hydrogen-bond donors (Lipinski definition) is 1. The minimum Gasteiger partial charge on any atom is -0.392 e. The van der Waals surface area contributed by atoms with Gasteiger partial charge in [0.25, 0.3) is 0 Å². The zero-order valence-corrected chi connectivity index (χ0v) is 9.36. The molecule has 1 unspecified atom stereocenters. The number of thiocarbonyl (C=S) groups is 1. The van der Waals surface area contributed by atoms with Gasteiger partial charge in [0.05, 0.1) is 4.99 Å². The predicted octanol–water partition coefficient (Wildman–Crippen LogP) is 0.0850. The van der Waals surface area contributed by atoms with E-state index in [9.17, 15) is 8.42 Å². The number of rotatable bonds is 4. The molecule has 0 heterocycles. The highest BCUT2D eigenvalue weighted by Gasteiger charge is 2.37. The molecule has 0 saturated heterocycles. The van der Waals surface area contributed by atoms with E-state index in [-0.39, 0.29) is 11.0 Å². The van der Waals surface area contributed by atoms with Crippen molar-refractivity contribution in [3.63, 3.8) is 0 Å². The van der Waals surface area contributed by atoms with Crippen molar-refractivity contribution in [3.8, 4) is 0 Å². The Hall–Kier alpha value is -0.200. The summed E-state index contributed by atoms with van der Waals surface area (Å²) in [7, 11) is -1.72. The molecule has 6 heteroatoms. The molecule has 13 heavy (non-hydrogen) atoms. The average Bonchev–Trinajstić information content (AvgIpc) is 2.83. The lowest BCUT2D eigenvalue weighted by Gasteiger charge is -2.20. The summed E-state index contributed by atoms with van der Waals surface area (Å²) in [5, 5.41) is -0.756. The Labute approximate surface area is 84.1 Å². The second-order valence-electron chi connectivity index (χ2n) is 3.34. The lowest BCUT2D eigenvalue weighted by atomic mass is 10.5. The summed E-state index contributed by atoms with van der Waals surface area (Å²) in [5.74, 6) is 0. The fraction of sp³-hybridized carbons (Fsp3) is 0.857. The van der Waals surface area contributed by atoms with Gasteiger partial charge in [-0.05, 0) is 19.8 Å². The van der Waals surface area contributed by atoms with E-state index >= 15 is 0 Å². The molecule has 0 amide bonds. The maximum absolute atomic E-state index is 11.7. The first kappa shape index (κ1) is 10.9. The minimum absolute atomic E-state index is 0.0347. The molecule has 1 rings (SSSR count). The van der Waals surface area contributed by atoms with E-state index in [4.69, 9.17) is 5.73 Å². The molecule has 0 aromatic carbocycles. The van der Waals surface area contributed by atoms with Gasteiger partial charge in [-0.2, -0.15) is 0 Å². The molecular weight excluding hydrogens is 208 g/mol. The molecule has 0 bridgehead atoms. The molecule has 76 valence electrons. The van der Waals surface area contributed by atoms with Crippen molar-refractivity contribution in [1.29, 1.82) is 0 Å². The van der Waals surface area contributed by atoms with E-state index in [0.29, 0.717) is 0 Å². The minimum atomic E-state index is -3.31. The quantitative estimate of drug-likeness (QED) is 0.685. The maximum Gasteiger partial charge on any atom is 0.223 e. The third kappa shape index (κ3) is 2.18. The molecule has 0 aliphatic heterocycles. The molecule has 1 saturated carbocycles. The fourth-order valence-corrected chi connectivity index (χ4v) is 2.83. The maximum atomic E-state index is 11.7. The third-order valence-electron chi connectivity index (χ3n) is 2.31. The first-order valence-corrected chi connectivity index (χ1v) is 6.04. The fourth-order valence-electron chi connectivity index (χ4n) is 1.04. The molecule has 0 spiro atoms. The summed E-state index contributed by atoms with van der Waals surface area (Å²) in [6.07, 6.45) is 1.89. The highest BCUT2D eigenvalue weighted by Crippen LogP contribution is 2.28. The highest BCUT2D eigenvalue weighted by atomic mass is 32.2. The molecule has 1 aliphatic rings. The summed E-state index contributed by atoms with van der Waals surface area (Å²) < 4.78 is 24.8. The van der Waals surface area contributed by atoms with Crippen LogP contribution < -0.4 is 5.73 Å². The Kier molecular flexibility index (Phi) is 2.94. The third-order valence-corrected chi connectivity index (χ3v) is 5.06. The van der Waals surface area contributed by atoms with Crippen molar-refractivity contribution in [2.75, 3.05) is 7.05 Å². The summed E-state index contributed by atoms with van der Waals surface area (Å²) in [5.41, 5.74) is 5.31. The van der Waals surface area contributed by atoms with Gasteiger partial charge >= 0.3 is 0 Å². The van der Waals surface area contributed by atoms with Gasteiger partial charge in [0, 0.05) is 13.1 Å². The van der Waals surface area contributed by atoms with Crippen molar-refractivity contribution >= 4 is 27.2 Å². The summed E-state index contributed by atoms with van der Waals surface area (Å²) in [6, 6.07) is 0.168. The standard InChI is InChI=1S/C7H14N2O2S2/c1-5(7(8)12)13(10,11)9(2)6-3-4-6/h5-6H,3-4H2,1-2H3,(H2,8,12). The van der Waals surface area contributed by atoms with Gasteiger partial charge in [0.1, 0.15) is 5.25 Å². The average molecular weight is 222 g/mol. The first-order valence-electron chi connectivity index (χ1n) is 4.13. The van der Waals surface area contributed by atoms with Gasteiger partial charge in [-0.3, -0.25) is 0 Å². The normalized spacial score (nSPS) is 20.2. The smallest absolute Gasteiger partial charge is 0.223 e. The Morgan fingerprint density at radius 2 is 2.08 bits per heavy atom. The summed E-state index contributed by atoms with van der Waals surface area (Å²) >= 11 is 4.66. The Bertz CT molecular complexity index is 308. The van der Waals surface area contributed by atoms with Crippen LogP contribution in [-0.2, 0) is 10.0 Å². The van der Waals surface area contributed by atoms with Crippen LogP contribution in [0, 0.1) is 0 Å². The first-order chi connectivity index (χ1) is 5.87. The van der Waals surface area contributed by atoms with Crippen molar-refractivity contribution < 1.29 is 8.42 Å². The van der Waals surface area contributed by atoms with Crippen molar-refractivity contribution in [3.05, 3.63) is 0 Å². The largest absolute Gasteiger partial charge is 0.392 e. The second-order valence-corrected chi connectivity index (χ2v) is 6.12. The Morgan fingerprint density at radius 3 is 2.38 bits per heavy atom. The highest BCUT2D eigenvalue weighted by molar-refractivity contribution is 7.92. The molecule has 1 aliphatic carbocycles. The second kappa shape index (κ2) is 3.51. The lowest BCUT2D eigenvalue weighted by molar-refractivity contribution is 0.462. The van der Waals surface area contributed by atoms with Gasteiger partial charge in [0.2, 0.25) is 10.0 Å². The monoisotopic (exact) mass is 222 g/mol. The van der Waals surface area contributed by atoms with E-state index in [1.807, 2.05) is 0 Å². The molecule has 1 atom stereocenters. The van der Waals surface area contributed by atoms with Gasteiger partial charge in [-0.1, -0.05) is 12.2 Å². The van der Waals surface area contributed by atoms with Gasteiger partial charge in [-0.25, -0.2) is 12.7 Å². The Balaban J connectivity index is 2.80. The molecule has 4 nitrogen and oxygen atoms in total. The molecular formula is C7H14N2O2S2.